The maximum atomic E-state index is 2.41. The molecule has 1 nitrogen and oxygen atoms in total. The average Bonchev–Trinajstić information content (AvgIpc) is 2.83. The predicted octanol–water partition coefficient (Wildman–Crippen LogP) is 8.32. The van der Waals surface area contributed by atoms with Gasteiger partial charge in [0, 0.05) is 23.1 Å². The van der Waals surface area contributed by atoms with E-state index < -0.39 is 0 Å². The molecule has 3 rings (SSSR count). The highest BCUT2D eigenvalue weighted by Gasteiger charge is 2.28. The van der Waals surface area contributed by atoms with Gasteiger partial charge in [0.25, 0.3) is 0 Å². The van der Waals surface area contributed by atoms with Crippen molar-refractivity contribution < 1.29 is 4.48 Å². The van der Waals surface area contributed by atoms with Crippen molar-refractivity contribution in [3.63, 3.8) is 0 Å². The first-order valence-electron chi connectivity index (χ1n) is 12.4. The lowest BCUT2D eigenvalue weighted by Gasteiger charge is -2.39. The number of hydrogen-bond acceptors (Lipinski definition) is 0. The van der Waals surface area contributed by atoms with Gasteiger partial charge in [-0.1, -0.05) is 123 Å². The number of allylic oxidation sites excluding steroid dienone is 2. The van der Waals surface area contributed by atoms with Gasteiger partial charge in [0.1, 0.15) is 19.6 Å². The van der Waals surface area contributed by atoms with Crippen molar-refractivity contribution in [3.8, 4) is 0 Å². The van der Waals surface area contributed by atoms with Gasteiger partial charge in [-0.2, -0.15) is 0 Å². The minimum absolute atomic E-state index is 1.06. The summed E-state index contributed by atoms with van der Waals surface area (Å²) in [5, 5.41) is 0. The molecular formula is C31H40N+. The summed E-state index contributed by atoms with van der Waals surface area (Å²) >= 11 is 0. The van der Waals surface area contributed by atoms with Crippen LogP contribution in [0, 0.1) is 0 Å². The maximum Gasteiger partial charge on any atom is 0.105 e. The van der Waals surface area contributed by atoms with E-state index in [4.69, 9.17) is 0 Å². The van der Waals surface area contributed by atoms with Gasteiger partial charge in [0.05, 0.1) is 6.54 Å². The molecule has 0 aliphatic carbocycles. The van der Waals surface area contributed by atoms with Gasteiger partial charge in [-0.3, -0.25) is 0 Å². The van der Waals surface area contributed by atoms with Crippen LogP contribution in [0.2, 0.25) is 0 Å². The monoisotopic (exact) mass is 426 g/mol. The molecule has 0 saturated heterocycles. The third-order valence-corrected chi connectivity index (χ3v) is 6.23. The van der Waals surface area contributed by atoms with Gasteiger partial charge in [-0.05, 0) is 19.3 Å². The van der Waals surface area contributed by atoms with Crippen molar-refractivity contribution in [2.45, 2.75) is 65.1 Å². The van der Waals surface area contributed by atoms with Gasteiger partial charge < -0.3 is 4.48 Å². The number of nitrogens with zero attached hydrogens (tertiary/aromatic N) is 1. The van der Waals surface area contributed by atoms with E-state index in [0.29, 0.717) is 0 Å². The molecule has 0 spiro atoms. The van der Waals surface area contributed by atoms with Crippen molar-refractivity contribution in [1.29, 1.82) is 0 Å². The highest BCUT2D eigenvalue weighted by Crippen LogP contribution is 2.25. The Labute approximate surface area is 196 Å². The van der Waals surface area contributed by atoms with Gasteiger partial charge in [0.15, 0.2) is 0 Å². The van der Waals surface area contributed by atoms with Gasteiger partial charge in [0.2, 0.25) is 0 Å². The summed E-state index contributed by atoms with van der Waals surface area (Å²) in [5.41, 5.74) is 4.28. The van der Waals surface area contributed by atoms with Crippen molar-refractivity contribution in [2.24, 2.45) is 0 Å². The summed E-state index contributed by atoms with van der Waals surface area (Å²) in [6.07, 6.45) is 12.4. The van der Waals surface area contributed by atoms with Crippen molar-refractivity contribution in [1.82, 2.24) is 0 Å². The lowest BCUT2D eigenvalue weighted by atomic mass is 10.1. The summed E-state index contributed by atoms with van der Waals surface area (Å²) in [6.45, 7) is 6.63. The molecule has 0 aromatic heterocycles. The number of rotatable bonds is 14. The molecule has 0 aliphatic heterocycles. The third kappa shape index (κ3) is 8.48. The zero-order valence-electron chi connectivity index (χ0n) is 19.8. The van der Waals surface area contributed by atoms with E-state index in [-0.39, 0.29) is 0 Å². The molecule has 0 atom stereocenters. The quantitative estimate of drug-likeness (QED) is 0.138. The minimum Gasteiger partial charge on any atom is -0.312 e. The lowest BCUT2D eigenvalue weighted by molar-refractivity contribution is -0.966. The fraction of sp³-hybridized carbons (Fsp3) is 0.355. The second kappa shape index (κ2) is 13.7. The molecule has 32 heavy (non-hydrogen) atoms. The Balaban J connectivity index is 1.78. The van der Waals surface area contributed by atoms with Crippen LogP contribution < -0.4 is 0 Å². The van der Waals surface area contributed by atoms with E-state index in [0.717, 1.165) is 24.1 Å². The first-order chi connectivity index (χ1) is 15.8. The van der Waals surface area contributed by atoms with E-state index >= 15 is 0 Å². The number of unbranched alkanes of at least 4 members (excludes halogenated alkanes) is 4. The predicted molar refractivity (Wildman–Crippen MR) is 138 cm³/mol. The van der Waals surface area contributed by atoms with Crippen LogP contribution >= 0.6 is 0 Å². The molecule has 0 fully saturated rings. The Morgan fingerprint density at radius 1 is 0.531 bits per heavy atom. The van der Waals surface area contributed by atoms with E-state index in [1.54, 1.807) is 0 Å². The molecule has 0 N–H and O–H groups in total. The minimum atomic E-state index is 1.06. The molecule has 0 saturated carbocycles. The summed E-state index contributed by atoms with van der Waals surface area (Å²) in [6, 6.07) is 33.1. The smallest absolute Gasteiger partial charge is 0.105 e. The van der Waals surface area contributed by atoms with Crippen molar-refractivity contribution >= 4 is 0 Å². The normalized spacial score (nSPS) is 11.8. The molecule has 0 unspecified atom stereocenters. The molecule has 0 amide bonds. The van der Waals surface area contributed by atoms with Crippen LogP contribution in [0.4, 0.5) is 0 Å². The van der Waals surface area contributed by atoms with Gasteiger partial charge >= 0.3 is 0 Å². The second-order valence-electron chi connectivity index (χ2n) is 9.11. The summed E-state index contributed by atoms with van der Waals surface area (Å²) < 4.78 is 1.06. The van der Waals surface area contributed by atoms with Crippen LogP contribution in [0.3, 0.4) is 0 Å². The number of hydrogen-bond donors (Lipinski definition) is 0. The van der Waals surface area contributed by atoms with Crippen LogP contribution in [0.1, 0.15) is 62.1 Å². The zero-order chi connectivity index (χ0) is 22.3. The Bertz CT molecular complexity index is 782. The molecule has 0 heterocycles. The lowest BCUT2D eigenvalue weighted by Crippen LogP contribution is -2.46. The third-order valence-electron chi connectivity index (χ3n) is 6.23. The average molecular weight is 427 g/mol. The fourth-order valence-corrected chi connectivity index (χ4v) is 4.61. The largest absolute Gasteiger partial charge is 0.312 e. The highest BCUT2D eigenvalue weighted by molar-refractivity contribution is 5.17. The topological polar surface area (TPSA) is 0 Å². The maximum absolute atomic E-state index is 2.41. The van der Waals surface area contributed by atoms with Crippen LogP contribution in [0.25, 0.3) is 0 Å². The standard InChI is InChI=1S/C31H40N/c1-2-3-4-5-6-7-8-18-25-32(26-29-19-12-9-13-20-29,27-30-21-14-10-15-22-30)28-31-23-16-11-17-24-31/h6-7,9-17,19-24H,2-5,8,18,25-28H2,1H3/q+1/b7-6+. The molecule has 0 radical (unpaired) electrons. The fourth-order valence-electron chi connectivity index (χ4n) is 4.61. The summed E-state index contributed by atoms with van der Waals surface area (Å²) in [7, 11) is 0. The zero-order valence-corrected chi connectivity index (χ0v) is 19.8. The van der Waals surface area contributed by atoms with E-state index in [1.807, 2.05) is 0 Å². The molecule has 0 bridgehead atoms. The molecule has 168 valence electrons. The highest BCUT2D eigenvalue weighted by atomic mass is 15.3. The molecular weight excluding hydrogens is 386 g/mol. The Morgan fingerprint density at radius 3 is 1.34 bits per heavy atom. The summed E-state index contributed by atoms with van der Waals surface area (Å²) in [4.78, 5) is 0. The summed E-state index contributed by atoms with van der Waals surface area (Å²) in [5.74, 6) is 0. The van der Waals surface area contributed by atoms with Crippen molar-refractivity contribution in [2.75, 3.05) is 6.54 Å². The number of benzene rings is 3. The van der Waals surface area contributed by atoms with E-state index in [2.05, 4.69) is 110 Å². The number of quaternary nitrogens is 1. The van der Waals surface area contributed by atoms with E-state index in [1.165, 1.54) is 61.8 Å². The Hall–Kier alpha value is -2.64. The van der Waals surface area contributed by atoms with Crippen LogP contribution in [-0.2, 0) is 19.6 Å². The van der Waals surface area contributed by atoms with Crippen molar-refractivity contribution in [3.05, 3.63) is 120 Å². The molecule has 3 aromatic carbocycles. The molecule has 0 aliphatic rings. The Morgan fingerprint density at radius 2 is 0.938 bits per heavy atom. The Kier molecular flexibility index (Phi) is 10.3. The van der Waals surface area contributed by atoms with E-state index in [9.17, 15) is 0 Å². The van der Waals surface area contributed by atoms with Crippen LogP contribution in [0.15, 0.2) is 103 Å². The van der Waals surface area contributed by atoms with Crippen LogP contribution in [-0.4, -0.2) is 11.0 Å². The van der Waals surface area contributed by atoms with Gasteiger partial charge in [-0.15, -0.1) is 0 Å². The SMILES string of the molecule is CCCCC/C=C/CCC[N+](Cc1ccccc1)(Cc1ccccc1)Cc1ccccc1. The second-order valence-corrected chi connectivity index (χ2v) is 9.11. The molecule has 3 aromatic rings. The molecule has 1 heteroatoms. The van der Waals surface area contributed by atoms with Gasteiger partial charge in [-0.25, -0.2) is 0 Å². The first kappa shape index (κ1) is 24.0. The first-order valence-corrected chi connectivity index (χ1v) is 12.4. The van der Waals surface area contributed by atoms with Crippen LogP contribution in [0.5, 0.6) is 0 Å².